The summed E-state index contributed by atoms with van der Waals surface area (Å²) in [5.41, 5.74) is 1.60. The molecule has 0 amide bonds. The van der Waals surface area contributed by atoms with Gasteiger partial charge in [0.25, 0.3) is 0 Å². The average Bonchev–Trinajstić information content (AvgIpc) is 1.98. The minimum atomic E-state index is 0.168. The summed E-state index contributed by atoms with van der Waals surface area (Å²) in [5, 5.41) is 11.8. The van der Waals surface area contributed by atoms with Gasteiger partial charge in [-0.1, -0.05) is 17.3 Å². The molecule has 1 aromatic carbocycles. The summed E-state index contributed by atoms with van der Waals surface area (Å²) >= 11 is 0. The lowest BCUT2D eigenvalue weighted by atomic mass is 10.1. The Kier molecular flexibility index (Phi) is 2.21. The Morgan fingerprint density at radius 3 is 2.82 bits per heavy atom. The SMILES string of the molecule is Cc1cc(CN=O)ccc1O. The van der Waals surface area contributed by atoms with E-state index in [1.807, 2.05) is 0 Å². The van der Waals surface area contributed by atoms with E-state index in [0.29, 0.717) is 0 Å². The zero-order valence-corrected chi connectivity index (χ0v) is 6.24. The third kappa shape index (κ3) is 1.77. The van der Waals surface area contributed by atoms with Gasteiger partial charge in [-0.15, -0.1) is 0 Å². The molecule has 58 valence electrons. The fourth-order valence-corrected chi connectivity index (χ4v) is 0.890. The van der Waals surface area contributed by atoms with Crippen LogP contribution in [0.5, 0.6) is 5.75 Å². The van der Waals surface area contributed by atoms with E-state index in [9.17, 15) is 4.91 Å². The molecule has 1 N–H and O–H groups in total. The molecule has 1 aromatic rings. The Morgan fingerprint density at radius 1 is 1.55 bits per heavy atom. The third-order valence-electron chi connectivity index (χ3n) is 1.51. The second-order valence-electron chi connectivity index (χ2n) is 2.41. The molecule has 0 aliphatic rings. The number of nitroso groups, excluding NO2 is 1. The molecule has 0 spiro atoms. The third-order valence-corrected chi connectivity index (χ3v) is 1.51. The van der Waals surface area contributed by atoms with Gasteiger partial charge >= 0.3 is 0 Å². The Bertz CT molecular complexity index is 271. The van der Waals surface area contributed by atoms with E-state index >= 15 is 0 Å². The highest BCUT2D eigenvalue weighted by Gasteiger charge is 1.96. The summed E-state index contributed by atoms with van der Waals surface area (Å²) in [4.78, 5) is 9.86. The van der Waals surface area contributed by atoms with Gasteiger partial charge in [0.15, 0.2) is 0 Å². The largest absolute Gasteiger partial charge is 0.508 e. The molecule has 0 bridgehead atoms. The smallest absolute Gasteiger partial charge is 0.118 e. The van der Waals surface area contributed by atoms with Crippen molar-refractivity contribution < 1.29 is 5.11 Å². The molecule has 11 heavy (non-hydrogen) atoms. The maximum absolute atomic E-state index is 9.86. The van der Waals surface area contributed by atoms with Gasteiger partial charge in [0, 0.05) is 0 Å². The van der Waals surface area contributed by atoms with Crippen molar-refractivity contribution >= 4 is 0 Å². The minimum Gasteiger partial charge on any atom is -0.508 e. The van der Waals surface area contributed by atoms with E-state index < -0.39 is 0 Å². The van der Waals surface area contributed by atoms with Crippen molar-refractivity contribution in [1.82, 2.24) is 0 Å². The predicted octanol–water partition coefficient (Wildman–Crippen LogP) is 1.97. The summed E-state index contributed by atoms with van der Waals surface area (Å²) in [6.07, 6.45) is 0. The van der Waals surface area contributed by atoms with Crippen LogP contribution in [0.4, 0.5) is 0 Å². The second-order valence-corrected chi connectivity index (χ2v) is 2.41. The Morgan fingerprint density at radius 2 is 2.27 bits per heavy atom. The van der Waals surface area contributed by atoms with E-state index in [-0.39, 0.29) is 12.3 Å². The van der Waals surface area contributed by atoms with Crippen molar-refractivity contribution in [1.29, 1.82) is 0 Å². The molecule has 0 aromatic heterocycles. The molecule has 0 radical (unpaired) electrons. The molecule has 0 atom stereocenters. The van der Waals surface area contributed by atoms with Gasteiger partial charge in [-0.3, -0.25) is 0 Å². The van der Waals surface area contributed by atoms with Crippen LogP contribution < -0.4 is 0 Å². The Labute approximate surface area is 64.7 Å². The number of aromatic hydroxyl groups is 1. The summed E-state index contributed by atoms with van der Waals surface area (Å²) in [7, 11) is 0. The van der Waals surface area contributed by atoms with Gasteiger partial charge in [0.05, 0.1) is 0 Å². The Hall–Kier alpha value is -1.38. The monoisotopic (exact) mass is 151 g/mol. The standard InChI is InChI=1S/C8H9NO2/c1-6-4-7(5-9-11)2-3-8(6)10/h2-4,10H,5H2,1H3. The van der Waals surface area contributed by atoms with Crippen LogP contribution >= 0.6 is 0 Å². The topological polar surface area (TPSA) is 49.7 Å². The fraction of sp³-hybridized carbons (Fsp3) is 0.250. The van der Waals surface area contributed by atoms with Crippen LogP contribution in [-0.4, -0.2) is 5.11 Å². The maximum Gasteiger partial charge on any atom is 0.118 e. The molecule has 0 heterocycles. The van der Waals surface area contributed by atoms with Gasteiger partial charge in [-0.05, 0) is 24.1 Å². The Balaban J connectivity index is 2.95. The van der Waals surface area contributed by atoms with Crippen LogP contribution in [0, 0.1) is 11.8 Å². The average molecular weight is 151 g/mol. The quantitative estimate of drug-likeness (QED) is 0.657. The number of nitrogens with zero attached hydrogens (tertiary/aromatic N) is 1. The zero-order chi connectivity index (χ0) is 8.27. The summed E-state index contributed by atoms with van der Waals surface area (Å²) in [5.74, 6) is 0.250. The molecule has 3 nitrogen and oxygen atoms in total. The first kappa shape index (κ1) is 7.72. The highest BCUT2D eigenvalue weighted by atomic mass is 16.3. The van der Waals surface area contributed by atoms with Crippen molar-refractivity contribution in [3.63, 3.8) is 0 Å². The van der Waals surface area contributed by atoms with Crippen LogP contribution in [0.3, 0.4) is 0 Å². The molecule has 0 saturated heterocycles. The van der Waals surface area contributed by atoms with Crippen molar-refractivity contribution in [2.24, 2.45) is 5.18 Å². The van der Waals surface area contributed by atoms with E-state index in [4.69, 9.17) is 5.11 Å². The summed E-state index contributed by atoms with van der Waals surface area (Å²) in [6, 6.07) is 5.00. The first-order valence-corrected chi connectivity index (χ1v) is 3.31. The molecule has 0 aliphatic heterocycles. The number of hydrogen-bond donors (Lipinski definition) is 1. The van der Waals surface area contributed by atoms with Crippen LogP contribution in [0.15, 0.2) is 23.4 Å². The minimum absolute atomic E-state index is 0.168. The molecule has 3 heteroatoms. The van der Waals surface area contributed by atoms with Gasteiger partial charge < -0.3 is 5.11 Å². The summed E-state index contributed by atoms with van der Waals surface area (Å²) in [6.45, 7) is 1.95. The normalized spacial score (nSPS) is 9.55. The number of aryl methyl sites for hydroxylation is 1. The van der Waals surface area contributed by atoms with Crippen molar-refractivity contribution in [2.45, 2.75) is 13.5 Å². The van der Waals surface area contributed by atoms with E-state index in [0.717, 1.165) is 11.1 Å². The first-order valence-electron chi connectivity index (χ1n) is 3.31. The molecule has 0 aliphatic carbocycles. The zero-order valence-electron chi connectivity index (χ0n) is 6.24. The predicted molar refractivity (Wildman–Crippen MR) is 42.3 cm³/mol. The highest BCUT2D eigenvalue weighted by Crippen LogP contribution is 2.17. The molecule has 0 saturated carbocycles. The highest BCUT2D eigenvalue weighted by molar-refractivity contribution is 5.34. The maximum atomic E-state index is 9.86. The first-order chi connectivity index (χ1) is 5.24. The van der Waals surface area contributed by atoms with Gasteiger partial charge in [-0.25, -0.2) is 0 Å². The molecular formula is C8H9NO2. The van der Waals surface area contributed by atoms with Crippen LogP contribution in [0.25, 0.3) is 0 Å². The fourth-order valence-electron chi connectivity index (χ4n) is 0.890. The molecule has 1 rings (SSSR count). The van der Waals surface area contributed by atoms with Crippen molar-refractivity contribution in [2.75, 3.05) is 0 Å². The molecule has 0 fully saturated rings. The van der Waals surface area contributed by atoms with Gasteiger partial charge in [-0.2, -0.15) is 4.91 Å². The number of phenolic OH excluding ortho intramolecular Hbond substituents is 1. The molecular weight excluding hydrogens is 142 g/mol. The lowest BCUT2D eigenvalue weighted by Crippen LogP contribution is -1.82. The van der Waals surface area contributed by atoms with Crippen LogP contribution in [-0.2, 0) is 6.54 Å². The van der Waals surface area contributed by atoms with Crippen LogP contribution in [0.2, 0.25) is 0 Å². The molecule has 0 unspecified atom stereocenters. The number of benzene rings is 1. The van der Waals surface area contributed by atoms with E-state index in [2.05, 4.69) is 5.18 Å². The number of phenols is 1. The number of hydrogen-bond acceptors (Lipinski definition) is 3. The van der Waals surface area contributed by atoms with Gasteiger partial charge in [0.1, 0.15) is 12.3 Å². The lowest BCUT2D eigenvalue weighted by Gasteiger charge is -1.99. The number of rotatable bonds is 2. The summed E-state index contributed by atoms with van der Waals surface area (Å²) < 4.78 is 0. The van der Waals surface area contributed by atoms with Crippen LogP contribution in [0.1, 0.15) is 11.1 Å². The van der Waals surface area contributed by atoms with Gasteiger partial charge in [0.2, 0.25) is 0 Å². The van der Waals surface area contributed by atoms with E-state index in [1.165, 1.54) is 0 Å². The van der Waals surface area contributed by atoms with Crippen molar-refractivity contribution in [3.05, 3.63) is 34.2 Å². The second kappa shape index (κ2) is 3.14. The van der Waals surface area contributed by atoms with Crippen molar-refractivity contribution in [3.8, 4) is 5.75 Å². The lowest BCUT2D eigenvalue weighted by molar-refractivity contribution is 0.471. The van der Waals surface area contributed by atoms with E-state index in [1.54, 1.807) is 25.1 Å².